The van der Waals surface area contributed by atoms with Crippen LogP contribution in [-0.4, -0.2) is 23.0 Å². The molecule has 0 saturated heterocycles. The second-order valence-electron chi connectivity index (χ2n) is 5.23. The molecule has 0 unspecified atom stereocenters. The summed E-state index contributed by atoms with van der Waals surface area (Å²) >= 11 is 0. The van der Waals surface area contributed by atoms with Crippen molar-refractivity contribution in [3.8, 4) is 0 Å². The van der Waals surface area contributed by atoms with Gasteiger partial charge < -0.3 is 4.90 Å². The number of amidine groups is 1. The van der Waals surface area contributed by atoms with Gasteiger partial charge in [0, 0.05) is 6.20 Å². The van der Waals surface area contributed by atoms with Gasteiger partial charge in [0.15, 0.2) is 0 Å². The van der Waals surface area contributed by atoms with Crippen LogP contribution in [0, 0.1) is 0 Å². The van der Waals surface area contributed by atoms with Gasteiger partial charge in [-0.25, -0.2) is 0 Å². The minimum Gasteiger partial charge on any atom is -0.327 e. The molecule has 0 aromatic heterocycles. The van der Waals surface area contributed by atoms with Crippen molar-refractivity contribution in [3.05, 3.63) is 59.3 Å². The molecule has 0 fully saturated rings. The Bertz CT molecular complexity index is 670. The molecule has 1 aromatic rings. The normalized spacial score (nSPS) is 26.9. The van der Waals surface area contributed by atoms with E-state index >= 15 is 0 Å². The Hall–Kier alpha value is -2.04. The Kier molecular flexibility index (Phi) is 2.20. The molecule has 0 N–H and O–H groups in total. The van der Waals surface area contributed by atoms with Gasteiger partial charge in [0.2, 0.25) is 0 Å². The number of fused-ring (bicyclic) bond motifs is 5. The second kappa shape index (κ2) is 3.75. The molecule has 5 heteroatoms. The van der Waals surface area contributed by atoms with Gasteiger partial charge in [-0.3, -0.25) is 4.99 Å². The highest BCUT2D eigenvalue weighted by Gasteiger charge is 2.44. The van der Waals surface area contributed by atoms with Gasteiger partial charge in [0.05, 0.1) is 17.7 Å². The van der Waals surface area contributed by atoms with Gasteiger partial charge in [0.25, 0.3) is 0 Å². The van der Waals surface area contributed by atoms with Crippen LogP contribution in [0.15, 0.2) is 53.2 Å². The molecule has 0 radical (unpaired) electrons. The first-order valence-electron chi connectivity index (χ1n) is 6.45. The maximum absolute atomic E-state index is 12.8. The zero-order valence-electron chi connectivity index (χ0n) is 10.4. The Labute approximate surface area is 113 Å². The van der Waals surface area contributed by atoms with Crippen molar-refractivity contribution in [2.24, 2.45) is 4.99 Å². The minimum absolute atomic E-state index is 0.0234. The van der Waals surface area contributed by atoms with Crippen molar-refractivity contribution in [2.45, 2.75) is 24.7 Å². The van der Waals surface area contributed by atoms with Crippen LogP contribution in [0.2, 0.25) is 0 Å². The Morgan fingerprint density at radius 1 is 1.15 bits per heavy atom. The maximum atomic E-state index is 12.8. The highest BCUT2D eigenvalue weighted by molar-refractivity contribution is 5.97. The third kappa shape index (κ3) is 1.55. The van der Waals surface area contributed by atoms with Crippen molar-refractivity contribution in [2.75, 3.05) is 0 Å². The topological polar surface area (TPSA) is 15.6 Å². The van der Waals surface area contributed by atoms with Crippen LogP contribution in [0.1, 0.15) is 17.2 Å². The van der Waals surface area contributed by atoms with E-state index in [1.54, 1.807) is 4.90 Å². The van der Waals surface area contributed by atoms with Gasteiger partial charge in [-0.1, -0.05) is 24.3 Å². The van der Waals surface area contributed by atoms with E-state index in [-0.39, 0.29) is 12.1 Å². The number of hydrogen-bond donors (Lipinski definition) is 0. The molecule has 2 heterocycles. The highest BCUT2D eigenvalue weighted by atomic mass is 19.4. The fraction of sp³-hybridized carbons (Fsp3) is 0.267. The molecule has 1 aliphatic carbocycles. The number of nitrogens with zero attached hydrogens (tertiary/aromatic N) is 2. The summed E-state index contributed by atoms with van der Waals surface area (Å²) < 4.78 is 38.5. The molecule has 2 nitrogen and oxygen atoms in total. The lowest BCUT2D eigenvalue weighted by Gasteiger charge is -2.26. The standard InChI is InChI=1S/C15H11F3N2/c16-15(17,18)10-5-6-13-19-14-11-4-2-1-3-9(11)7-12(14)20(13)8-10/h1-6,8,12,14H,7H2/t12-,14+/m0/s1. The van der Waals surface area contributed by atoms with Gasteiger partial charge in [0.1, 0.15) is 5.84 Å². The Morgan fingerprint density at radius 2 is 1.95 bits per heavy atom. The van der Waals surface area contributed by atoms with Crippen molar-refractivity contribution in [1.82, 2.24) is 4.90 Å². The fourth-order valence-corrected chi connectivity index (χ4v) is 3.15. The van der Waals surface area contributed by atoms with Crippen molar-refractivity contribution < 1.29 is 13.2 Å². The number of rotatable bonds is 0. The predicted octanol–water partition coefficient (Wildman–Crippen LogP) is 3.38. The van der Waals surface area contributed by atoms with Crippen molar-refractivity contribution >= 4 is 5.84 Å². The van der Waals surface area contributed by atoms with Crippen LogP contribution in [-0.2, 0) is 6.42 Å². The zero-order valence-corrected chi connectivity index (χ0v) is 10.4. The quantitative estimate of drug-likeness (QED) is 0.709. The first-order valence-corrected chi connectivity index (χ1v) is 6.45. The number of alkyl halides is 3. The number of benzene rings is 1. The van der Waals surface area contributed by atoms with Crippen LogP contribution >= 0.6 is 0 Å². The summed E-state index contributed by atoms with van der Waals surface area (Å²) in [4.78, 5) is 6.25. The van der Waals surface area contributed by atoms with E-state index in [0.717, 1.165) is 18.1 Å². The van der Waals surface area contributed by atoms with Gasteiger partial charge in [-0.2, -0.15) is 13.2 Å². The third-order valence-corrected chi connectivity index (χ3v) is 4.08. The lowest BCUT2D eigenvalue weighted by molar-refractivity contribution is -0.0892. The molecule has 0 bridgehead atoms. The average Bonchev–Trinajstić information content (AvgIpc) is 2.93. The molecular weight excluding hydrogens is 265 g/mol. The summed E-state index contributed by atoms with van der Waals surface area (Å²) in [5.74, 6) is 0.627. The van der Waals surface area contributed by atoms with Crippen LogP contribution in [0.4, 0.5) is 13.2 Å². The van der Waals surface area contributed by atoms with Crippen LogP contribution in [0.25, 0.3) is 0 Å². The first kappa shape index (κ1) is 11.8. The highest BCUT2D eigenvalue weighted by Crippen LogP contribution is 2.43. The Morgan fingerprint density at radius 3 is 2.75 bits per heavy atom. The van der Waals surface area contributed by atoms with E-state index in [4.69, 9.17) is 0 Å². The third-order valence-electron chi connectivity index (χ3n) is 4.08. The molecule has 0 amide bonds. The van der Waals surface area contributed by atoms with E-state index in [1.807, 2.05) is 24.3 Å². The van der Waals surface area contributed by atoms with Gasteiger partial charge >= 0.3 is 6.18 Å². The van der Waals surface area contributed by atoms with Crippen molar-refractivity contribution in [1.29, 1.82) is 0 Å². The monoisotopic (exact) mass is 276 g/mol. The smallest absolute Gasteiger partial charge is 0.327 e. The summed E-state index contributed by atoms with van der Waals surface area (Å²) in [6.45, 7) is 0. The van der Waals surface area contributed by atoms with Gasteiger partial charge in [-0.15, -0.1) is 0 Å². The summed E-state index contributed by atoms with van der Waals surface area (Å²) in [6.07, 6.45) is 0.177. The molecule has 0 spiro atoms. The molecular formula is C15H11F3N2. The molecule has 0 saturated carbocycles. The molecule has 4 rings (SSSR count). The molecule has 102 valence electrons. The SMILES string of the molecule is FC(F)(F)C1=CN2C(=N[C@@H]3c4ccccc4C[C@@H]32)C=C1. The van der Waals surface area contributed by atoms with Crippen LogP contribution < -0.4 is 0 Å². The number of halogens is 3. The molecule has 2 aliphatic heterocycles. The van der Waals surface area contributed by atoms with Crippen LogP contribution in [0.3, 0.4) is 0 Å². The Balaban J connectivity index is 1.74. The lowest BCUT2D eigenvalue weighted by atomic mass is 10.1. The molecule has 2 atom stereocenters. The van der Waals surface area contributed by atoms with Gasteiger partial charge in [-0.05, 0) is 29.7 Å². The second-order valence-corrected chi connectivity index (χ2v) is 5.23. The van der Waals surface area contributed by atoms with Crippen molar-refractivity contribution in [3.63, 3.8) is 0 Å². The average molecular weight is 276 g/mol. The predicted molar refractivity (Wildman–Crippen MR) is 69.2 cm³/mol. The number of allylic oxidation sites excluding steroid dienone is 2. The number of aliphatic imine (C=N–C) groups is 1. The summed E-state index contributed by atoms with van der Waals surface area (Å²) in [7, 11) is 0. The summed E-state index contributed by atoms with van der Waals surface area (Å²) in [6, 6.07) is 7.88. The lowest BCUT2D eigenvalue weighted by Crippen LogP contribution is -2.34. The minimum atomic E-state index is -4.31. The van der Waals surface area contributed by atoms with E-state index in [9.17, 15) is 13.2 Å². The fourth-order valence-electron chi connectivity index (χ4n) is 3.15. The molecule has 20 heavy (non-hydrogen) atoms. The first-order chi connectivity index (χ1) is 9.54. The number of hydrogen-bond acceptors (Lipinski definition) is 2. The van der Waals surface area contributed by atoms with E-state index in [2.05, 4.69) is 4.99 Å². The maximum Gasteiger partial charge on any atom is 0.417 e. The summed E-state index contributed by atoms with van der Waals surface area (Å²) in [5.41, 5.74) is 1.70. The molecule has 3 aliphatic rings. The zero-order chi connectivity index (χ0) is 13.9. The largest absolute Gasteiger partial charge is 0.417 e. The van der Waals surface area contributed by atoms with E-state index < -0.39 is 11.7 Å². The van der Waals surface area contributed by atoms with E-state index in [1.165, 1.54) is 17.8 Å². The van der Waals surface area contributed by atoms with E-state index in [0.29, 0.717) is 5.84 Å². The molecule has 1 aromatic carbocycles. The summed E-state index contributed by atoms with van der Waals surface area (Å²) in [5, 5.41) is 0. The van der Waals surface area contributed by atoms with Crippen LogP contribution in [0.5, 0.6) is 0 Å².